The number of hydrogen-bond acceptors (Lipinski definition) is 1. The van der Waals surface area contributed by atoms with Gasteiger partial charge in [0.05, 0.1) is 0 Å². The summed E-state index contributed by atoms with van der Waals surface area (Å²) in [5, 5.41) is 12.8. The number of hydrogen-bond donors (Lipinski definition) is 0. The van der Waals surface area contributed by atoms with Crippen molar-refractivity contribution in [3.8, 4) is 33.4 Å². The minimum Gasteiger partial charge on any atom is -0.309 e. The van der Waals surface area contributed by atoms with Gasteiger partial charge in [-0.1, -0.05) is 206 Å². The maximum Gasteiger partial charge on any atom is 0.171 e. The van der Waals surface area contributed by atoms with Crippen molar-refractivity contribution in [2.24, 2.45) is 0 Å². The second kappa shape index (κ2) is 13.2. The van der Waals surface area contributed by atoms with Gasteiger partial charge in [0.2, 0.25) is 0 Å². The molecule has 0 aliphatic rings. The summed E-state index contributed by atoms with van der Waals surface area (Å²) >= 11 is 0. The fourth-order valence-corrected chi connectivity index (χ4v) is 10.9. The first kappa shape index (κ1) is 32.1. The molecule has 0 aromatic heterocycles. The van der Waals surface area contributed by atoms with Crippen LogP contribution in [0.15, 0.2) is 212 Å². The van der Waals surface area contributed by atoms with E-state index < -0.39 is 7.14 Å². The standard InChI is InChI=1S/C52H35OP/c53-54(41-13-3-1-4-14-41,42-15-5-2-6-16-42)43-33-31-39(32-34-43)37-25-23-36(24-26-37)38-27-29-40(30-28-38)50-35-51-46-19-8-7-17-44(46)45-18-9-11-21-48(45)52(51)49-22-12-10-20-47(49)50/h1-35H. The lowest BCUT2D eigenvalue weighted by atomic mass is 9.87. The van der Waals surface area contributed by atoms with E-state index >= 15 is 0 Å². The molecule has 0 saturated heterocycles. The lowest BCUT2D eigenvalue weighted by Gasteiger charge is -2.20. The van der Waals surface area contributed by atoms with Gasteiger partial charge in [0.25, 0.3) is 0 Å². The molecule has 0 amide bonds. The molecule has 0 aliphatic carbocycles. The minimum absolute atomic E-state index is 0.834. The largest absolute Gasteiger partial charge is 0.309 e. The second-order valence-electron chi connectivity index (χ2n) is 14.0. The van der Waals surface area contributed by atoms with E-state index in [1.54, 1.807) is 0 Å². The Labute approximate surface area is 315 Å². The molecule has 10 aromatic carbocycles. The van der Waals surface area contributed by atoms with Gasteiger partial charge in [-0.3, -0.25) is 0 Å². The summed E-state index contributed by atoms with van der Waals surface area (Å²) in [6, 6.07) is 74.5. The molecule has 0 unspecified atom stereocenters. The quantitative estimate of drug-likeness (QED) is 0.124. The summed E-state index contributed by atoms with van der Waals surface area (Å²) in [6.45, 7) is 0. The van der Waals surface area contributed by atoms with Crippen molar-refractivity contribution in [2.45, 2.75) is 0 Å². The predicted octanol–water partition coefficient (Wildman–Crippen LogP) is 12.9. The van der Waals surface area contributed by atoms with Crippen LogP contribution in [-0.2, 0) is 4.57 Å². The van der Waals surface area contributed by atoms with Crippen LogP contribution in [0.25, 0.3) is 76.5 Å². The number of fused-ring (bicyclic) bond motifs is 8. The average molecular weight is 707 g/mol. The molecule has 0 radical (unpaired) electrons. The van der Waals surface area contributed by atoms with Crippen molar-refractivity contribution < 1.29 is 4.57 Å². The Kier molecular flexibility index (Phi) is 7.83. The van der Waals surface area contributed by atoms with Crippen LogP contribution in [0.1, 0.15) is 0 Å². The van der Waals surface area contributed by atoms with Gasteiger partial charge in [-0.25, -0.2) is 0 Å². The monoisotopic (exact) mass is 706 g/mol. The molecule has 2 heteroatoms. The molecule has 0 heterocycles. The van der Waals surface area contributed by atoms with Crippen molar-refractivity contribution in [3.63, 3.8) is 0 Å². The van der Waals surface area contributed by atoms with Gasteiger partial charge < -0.3 is 4.57 Å². The third kappa shape index (κ3) is 5.28. The third-order valence-electron chi connectivity index (χ3n) is 11.0. The van der Waals surface area contributed by atoms with E-state index in [2.05, 4.69) is 140 Å². The molecule has 0 atom stereocenters. The van der Waals surface area contributed by atoms with Gasteiger partial charge in [0.15, 0.2) is 7.14 Å². The first-order valence-corrected chi connectivity index (χ1v) is 20.2. The highest BCUT2D eigenvalue weighted by Crippen LogP contribution is 2.44. The van der Waals surface area contributed by atoms with E-state index in [0.29, 0.717) is 0 Å². The molecular weight excluding hydrogens is 672 g/mol. The number of rotatable bonds is 6. The van der Waals surface area contributed by atoms with Gasteiger partial charge in [0, 0.05) is 15.9 Å². The van der Waals surface area contributed by atoms with Crippen molar-refractivity contribution in [2.75, 3.05) is 0 Å². The molecule has 54 heavy (non-hydrogen) atoms. The van der Waals surface area contributed by atoms with Gasteiger partial charge in [-0.05, 0) is 82.5 Å². The van der Waals surface area contributed by atoms with E-state index in [1.807, 2.05) is 72.8 Å². The van der Waals surface area contributed by atoms with Gasteiger partial charge in [0.1, 0.15) is 0 Å². The normalized spacial score (nSPS) is 11.8. The highest BCUT2D eigenvalue weighted by Gasteiger charge is 2.29. The van der Waals surface area contributed by atoms with Crippen molar-refractivity contribution in [1.82, 2.24) is 0 Å². The summed E-state index contributed by atoms with van der Waals surface area (Å²) in [4.78, 5) is 0. The maximum absolute atomic E-state index is 14.8. The minimum atomic E-state index is -3.01. The predicted molar refractivity (Wildman–Crippen MR) is 232 cm³/mol. The van der Waals surface area contributed by atoms with E-state index in [4.69, 9.17) is 0 Å². The van der Waals surface area contributed by atoms with Gasteiger partial charge in [-0.2, -0.15) is 0 Å². The van der Waals surface area contributed by atoms with E-state index in [1.165, 1.54) is 65.3 Å². The Morgan fingerprint density at radius 1 is 0.259 bits per heavy atom. The molecule has 10 aromatic rings. The molecule has 0 N–H and O–H groups in total. The third-order valence-corrected chi connectivity index (χ3v) is 14.0. The van der Waals surface area contributed by atoms with Gasteiger partial charge in [-0.15, -0.1) is 0 Å². The fourth-order valence-electron chi connectivity index (χ4n) is 8.29. The van der Waals surface area contributed by atoms with E-state index in [9.17, 15) is 4.57 Å². The Bertz CT molecular complexity index is 2980. The topological polar surface area (TPSA) is 17.1 Å². The smallest absolute Gasteiger partial charge is 0.171 e. The lowest BCUT2D eigenvalue weighted by Crippen LogP contribution is -2.24. The molecule has 0 fully saturated rings. The summed E-state index contributed by atoms with van der Waals surface area (Å²) in [7, 11) is -3.01. The van der Waals surface area contributed by atoms with Crippen LogP contribution in [0.5, 0.6) is 0 Å². The molecule has 0 spiro atoms. The molecule has 0 bridgehead atoms. The summed E-state index contributed by atoms with van der Waals surface area (Å²) in [5.74, 6) is 0. The highest BCUT2D eigenvalue weighted by atomic mass is 31.2. The van der Waals surface area contributed by atoms with Crippen molar-refractivity contribution >= 4 is 66.1 Å². The first-order valence-electron chi connectivity index (χ1n) is 18.4. The molecule has 0 saturated carbocycles. The zero-order chi connectivity index (χ0) is 36.1. The highest BCUT2D eigenvalue weighted by molar-refractivity contribution is 7.85. The zero-order valence-corrected chi connectivity index (χ0v) is 30.5. The van der Waals surface area contributed by atoms with Crippen LogP contribution in [0.2, 0.25) is 0 Å². The summed E-state index contributed by atoms with van der Waals surface area (Å²) in [6.07, 6.45) is 0. The van der Waals surface area contributed by atoms with E-state index in [-0.39, 0.29) is 0 Å². The van der Waals surface area contributed by atoms with Crippen LogP contribution >= 0.6 is 7.14 Å². The Hall–Kier alpha value is -6.53. The fraction of sp³-hybridized carbons (Fsp3) is 0. The molecular formula is C52H35OP. The van der Waals surface area contributed by atoms with Crippen molar-refractivity contribution in [3.05, 3.63) is 212 Å². The summed E-state index contributed by atoms with van der Waals surface area (Å²) < 4.78 is 14.8. The maximum atomic E-state index is 14.8. The Morgan fingerprint density at radius 3 is 1.06 bits per heavy atom. The number of benzene rings is 10. The second-order valence-corrected chi connectivity index (χ2v) is 16.7. The summed E-state index contributed by atoms with van der Waals surface area (Å²) in [5.41, 5.74) is 7.01. The molecule has 1 nitrogen and oxygen atoms in total. The van der Waals surface area contributed by atoms with Crippen LogP contribution in [0, 0.1) is 0 Å². The SMILES string of the molecule is O=P(c1ccccc1)(c1ccccc1)c1ccc(-c2ccc(-c3ccc(-c4cc5c6ccccc6c6ccccc6c5c5ccccc45)cc3)cc2)cc1. The average Bonchev–Trinajstić information content (AvgIpc) is 3.26. The Morgan fingerprint density at radius 2 is 0.574 bits per heavy atom. The Balaban J connectivity index is 0.983. The van der Waals surface area contributed by atoms with Crippen LogP contribution in [0.4, 0.5) is 0 Å². The lowest BCUT2D eigenvalue weighted by molar-refractivity contribution is 0.592. The van der Waals surface area contributed by atoms with Crippen LogP contribution < -0.4 is 15.9 Å². The van der Waals surface area contributed by atoms with E-state index in [0.717, 1.165) is 27.0 Å². The molecule has 0 aliphatic heterocycles. The van der Waals surface area contributed by atoms with Crippen LogP contribution in [-0.4, -0.2) is 0 Å². The molecule has 254 valence electrons. The van der Waals surface area contributed by atoms with Crippen LogP contribution in [0.3, 0.4) is 0 Å². The zero-order valence-electron chi connectivity index (χ0n) is 29.6. The van der Waals surface area contributed by atoms with Crippen molar-refractivity contribution in [1.29, 1.82) is 0 Å². The first-order chi connectivity index (χ1) is 26.7. The van der Waals surface area contributed by atoms with Gasteiger partial charge >= 0.3 is 0 Å². The molecule has 10 rings (SSSR count).